The van der Waals surface area contributed by atoms with Gasteiger partial charge in [0.15, 0.2) is 0 Å². The summed E-state index contributed by atoms with van der Waals surface area (Å²) in [6.45, 7) is 4.61. The summed E-state index contributed by atoms with van der Waals surface area (Å²) in [4.78, 5) is 45.8. The Bertz CT molecular complexity index is 2840. The van der Waals surface area contributed by atoms with E-state index in [0.29, 0.717) is 55.9 Å². The van der Waals surface area contributed by atoms with E-state index in [1.807, 2.05) is 48.5 Å². The van der Waals surface area contributed by atoms with Gasteiger partial charge >= 0.3 is 6.09 Å². The highest BCUT2D eigenvalue weighted by atomic mass is 16.8. The lowest BCUT2D eigenvalue weighted by molar-refractivity contribution is -0.385. The third-order valence-electron chi connectivity index (χ3n) is 14.4. The molecule has 382 valence electrons. The zero-order chi connectivity index (χ0) is 50.9. The summed E-state index contributed by atoms with van der Waals surface area (Å²) < 4.78 is 33.3. The average Bonchev–Trinajstić information content (AvgIpc) is 3.41. The fourth-order valence-electron chi connectivity index (χ4n) is 11.1. The first kappa shape index (κ1) is 50.7. The van der Waals surface area contributed by atoms with Crippen LogP contribution in [0.1, 0.15) is 81.3 Å². The summed E-state index contributed by atoms with van der Waals surface area (Å²) in [5.41, 5.74) is 2.64. The van der Waals surface area contributed by atoms with Crippen LogP contribution in [0.25, 0.3) is 10.8 Å². The molecule has 2 heterocycles. The monoisotopic (exact) mass is 996 g/mol. The van der Waals surface area contributed by atoms with Crippen LogP contribution in [-0.2, 0) is 20.9 Å². The number of rotatable bonds is 21. The Balaban J connectivity index is 1.26. The van der Waals surface area contributed by atoms with Crippen molar-refractivity contribution in [1.29, 1.82) is 0 Å². The number of nitrogens with zero attached hydrogens (tertiary/aromatic N) is 4. The highest BCUT2D eigenvalue weighted by molar-refractivity contribution is 6.03. The van der Waals surface area contributed by atoms with Crippen molar-refractivity contribution >= 4 is 34.0 Å². The highest BCUT2D eigenvalue weighted by Gasteiger charge is 2.66. The van der Waals surface area contributed by atoms with E-state index in [1.165, 1.54) is 36.4 Å². The Morgan fingerprint density at radius 3 is 2.34 bits per heavy atom. The molecule has 9 rings (SSSR count). The number of amides is 1. The van der Waals surface area contributed by atoms with Crippen molar-refractivity contribution < 1.29 is 53.4 Å². The maximum Gasteiger partial charge on any atom is 0.416 e. The number of non-ortho nitro benzene ring substituents is 2. The summed E-state index contributed by atoms with van der Waals surface area (Å²) in [6.07, 6.45) is 8.93. The SMILES string of the molecule is C=CCOC12Oc3ccc(Oc4cccc([N+](=O)[O-])c4)cc3C3C(CCCCO)C(CCCCO)C=C(C(=NOC4CCCCO4)CC1N(Cc1cccc4ccccc14)C(=O)Oc1ccc([N+](=O)[O-])cc1)C32. The zero-order valence-corrected chi connectivity index (χ0v) is 40.5. The Kier molecular flexibility index (Phi) is 16.1. The van der Waals surface area contributed by atoms with E-state index in [9.17, 15) is 30.4 Å². The molecule has 73 heavy (non-hydrogen) atoms. The number of aliphatic hydroxyl groups is 2. The molecule has 2 N–H and O–H groups in total. The second kappa shape index (κ2) is 23.1. The molecule has 17 nitrogen and oxygen atoms in total. The summed E-state index contributed by atoms with van der Waals surface area (Å²) in [5, 5.41) is 50.4. The minimum atomic E-state index is -1.68. The van der Waals surface area contributed by atoms with Crippen LogP contribution in [0, 0.1) is 38.0 Å². The number of oxime groups is 1. The number of hydrogen-bond donors (Lipinski definition) is 2. The number of carbonyl (C=O) groups excluding carboxylic acids is 1. The lowest BCUT2D eigenvalue weighted by atomic mass is 9.55. The number of benzene rings is 5. The summed E-state index contributed by atoms with van der Waals surface area (Å²) >= 11 is 0. The molecule has 7 unspecified atom stereocenters. The molecule has 4 aliphatic rings. The van der Waals surface area contributed by atoms with Crippen molar-refractivity contribution in [3.8, 4) is 23.0 Å². The van der Waals surface area contributed by atoms with Gasteiger partial charge in [0.2, 0.25) is 12.1 Å². The number of aliphatic hydroxyl groups excluding tert-OH is 2. The van der Waals surface area contributed by atoms with E-state index in [1.54, 1.807) is 35.2 Å². The number of fused-ring (bicyclic) bond motifs is 3. The normalized spacial score (nSPS) is 23.5. The first-order valence-corrected chi connectivity index (χ1v) is 25.1. The van der Waals surface area contributed by atoms with Crippen LogP contribution in [-0.4, -0.2) is 81.3 Å². The fraction of sp³-hybridized carbons (Fsp3) is 0.393. The molecule has 5 aromatic rings. The van der Waals surface area contributed by atoms with E-state index in [2.05, 4.69) is 12.7 Å². The molecule has 1 saturated heterocycles. The van der Waals surface area contributed by atoms with Crippen LogP contribution in [0.5, 0.6) is 23.0 Å². The number of nitro groups is 2. The highest BCUT2D eigenvalue weighted by Crippen LogP contribution is 2.62. The number of hydrogen-bond acceptors (Lipinski definition) is 14. The number of ether oxygens (including phenoxy) is 5. The second-order valence-corrected chi connectivity index (χ2v) is 18.9. The molecule has 0 aromatic heterocycles. The van der Waals surface area contributed by atoms with Gasteiger partial charge in [-0.15, -0.1) is 6.58 Å². The van der Waals surface area contributed by atoms with Crippen LogP contribution in [0.2, 0.25) is 0 Å². The lowest BCUT2D eigenvalue weighted by Crippen LogP contribution is -2.70. The number of allylic oxidation sites excluding steroid dienone is 1. The van der Waals surface area contributed by atoms with Gasteiger partial charge in [0.25, 0.3) is 11.4 Å². The van der Waals surface area contributed by atoms with Crippen molar-refractivity contribution in [1.82, 2.24) is 4.90 Å². The summed E-state index contributed by atoms with van der Waals surface area (Å²) in [6, 6.07) is 29.5. The number of nitro benzene ring substituents is 2. The van der Waals surface area contributed by atoms with Crippen LogP contribution in [0.4, 0.5) is 16.2 Å². The Morgan fingerprint density at radius 2 is 1.59 bits per heavy atom. The smallest absolute Gasteiger partial charge is 0.416 e. The Morgan fingerprint density at radius 1 is 0.849 bits per heavy atom. The minimum absolute atomic E-state index is 0.00324. The molecular weight excluding hydrogens is 937 g/mol. The third kappa shape index (κ3) is 11.1. The molecule has 0 radical (unpaired) electrons. The molecule has 5 aromatic carbocycles. The predicted molar refractivity (Wildman–Crippen MR) is 271 cm³/mol. The van der Waals surface area contributed by atoms with Gasteiger partial charge in [-0.2, -0.15) is 0 Å². The lowest BCUT2D eigenvalue weighted by Gasteiger charge is -2.59. The van der Waals surface area contributed by atoms with Gasteiger partial charge in [-0.3, -0.25) is 25.1 Å². The molecule has 0 bridgehead atoms. The van der Waals surface area contributed by atoms with Crippen LogP contribution >= 0.6 is 0 Å². The number of unbranched alkanes of at least 4 members (excludes halogenated alkanes) is 2. The van der Waals surface area contributed by atoms with E-state index in [0.717, 1.165) is 53.2 Å². The van der Waals surface area contributed by atoms with Gasteiger partial charge in [0.05, 0.1) is 47.3 Å². The third-order valence-corrected chi connectivity index (χ3v) is 14.4. The Hall–Kier alpha value is -7.18. The van der Waals surface area contributed by atoms with E-state index in [4.69, 9.17) is 33.7 Å². The van der Waals surface area contributed by atoms with Gasteiger partial charge in [-0.05, 0) is 109 Å². The van der Waals surface area contributed by atoms with E-state index in [-0.39, 0.29) is 67.5 Å². The molecule has 2 fully saturated rings. The van der Waals surface area contributed by atoms with Crippen molar-refractivity contribution in [2.45, 2.75) is 94.8 Å². The van der Waals surface area contributed by atoms with Crippen LogP contribution in [0.3, 0.4) is 0 Å². The maximum absolute atomic E-state index is 15.4. The molecule has 1 amide bonds. The van der Waals surface area contributed by atoms with Crippen molar-refractivity contribution in [3.63, 3.8) is 0 Å². The van der Waals surface area contributed by atoms with Crippen molar-refractivity contribution in [2.75, 3.05) is 26.4 Å². The van der Waals surface area contributed by atoms with Crippen molar-refractivity contribution in [3.05, 3.63) is 165 Å². The summed E-state index contributed by atoms with van der Waals surface area (Å²) in [7, 11) is 0. The molecule has 17 heteroatoms. The van der Waals surface area contributed by atoms with Crippen LogP contribution < -0.4 is 14.2 Å². The first-order chi connectivity index (χ1) is 35.6. The van der Waals surface area contributed by atoms with Gasteiger partial charge in [-0.25, -0.2) is 4.79 Å². The fourth-order valence-corrected chi connectivity index (χ4v) is 11.1. The first-order valence-electron chi connectivity index (χ1n) is 25.1. The number of carbonyl (C=O) groups is 1. The van der Waals surface area contributed by atoms with Gasteiger partial charge < -0.3 is 38.7 Å². The molecular formula is C56H60N4O13. The van der Waals surface area contributed by atoms with Crippen molar-refractivity contribution in [2.24, 2.45) is 22.9 Å². The van der Waals surface area contributed by atoms with Gasteiger partial charge in [-0.1, -0.05) is 78.7 Å². The topological polar surface area (TPSA) is 215 Å². The minimum Gasteiger partial charge on any atom is -0.459 e. The standard InChI is InChI=1S/C56H60N4O13/c1-2-30-69-56-51(58(36-39-16-11-15-37-13-3-4-19-45(37)39)55(63)71-42-24-22-40(23-25-42)59(64)65)35-49(57-73-52-21-7-10-31-68-52)47-32-38(14-5-8-28-61)46(20-6-9-29-62)53(54(47)56)48-34-44(26-27-50(48)72-56)70-43-18-12-17-41(33-43)60(66)67/h2-4,11-13,15-19,22-27,32-34,38,46,51-54,61-62H,1,5-10,14,20-21,28-31,35-36H2. The van der Waals surface area contributed by atoms with E-state index < -0.39 is 45.9 Å². The van der Waals surface area contributed by atoms with E-state index >= 15 is 4.79 Å². The zero-order valence-electron chi connectivity index (χ0n) is 40.5. The molecule has 1 saturated carbocycles. The quantitative estimate of drug-likeness (QED) is 0.0303. The maximum atomic E-state index is 15.4. The van der Waals surface area contributed by atoms with Gasteiger partial charge in [0, 0.05) is 55.7 Å². The van der Waals surface area contributed by atoms with Gasteiger partial charge in [0.1, 0.15) is 29.0 Å². The molecule has 0 spiro atoms. The summed E-state index contributed by atoms with van der Waals surface area (Å²) in [5.74, 6) is -1.77. The Labute approximate surface area is 422 Å². The molecule has 2 aliphatic carbocycles. The average molecular weight is 997 g/mol. The second-order valence-electron chi connectivity index (χ2n) is 18.9. The molecule has 7 atom stereocenters. The van der Waals surface area contributed by atoms with Crippen LogP contribution in [0.15, 0.2) is 139 Å². The predicted octanol–water partition coefficient (Wildman–Crippen LogP) is 11.3. The largest absolute Gasteiger partial charge is 0.459 e. The molecule has 2 aliphatic heterocycles.